The summed E-state index contributed by atoms with van der Waals surface area (Å²) in [7, 11) is 0. The minimum atomic E-state index is -0.186. The van der Waals surface area contributed by atoms with Gasteiger partial charge in [0.1, 0.15) is 0 Å². The zero-order valence-electron chi connectivity index (χ0n) is 8.79. The van der Waals surface area contributed by atoms with Crippen LogP contribution in [-0.2, 0) is 0 Å². The van der Waals surface area contributed by atoms with Gasteiger partial charge in [-0.3, -0.25) is 0 Å². The topological polar surface area (TPSA) is 44.8 Å². The second-order valence-corrected chi connectivity index (χ2v) is 4.31. The zero-order valence-corrected chi connectivity index (χ0v) is 9.61. The number of aromatic hydroxyl groups is 2. The van der Waals surface area contributed by atoms with Crippen molar-refractivity contribution in [1.29, 1.82) is 0 Å². The fourth-order valence-electron chi connectivity index (χ4n) is 1.37. The normalized spacial score (nSPS) is 11.1. The number of nitrogens with zero attached hydrogens (tertiary/aromatic N) is 1. The van der Waals surface area contributed by atoms with Crippen LogP contribution in [0.25, 0.3) is 16.6 Å². The Bertz CT molecular complexity index is 594. The van der Waals surface area contributed by atoms with Crippen LogP contribution in [0.2, 0.25) is 0 Å². The van der Waals surface area contributed by atoms with Crippen LogP contribution in [0.3, 0.4) is 0 Å². The van der Waals surface area contributed by atoms with Gasteiger partial charge in [0.25, 0.3) is 0 Å². The monoisotopic (exact) mass is 243 g/mol. The molecule has 0 fully saturated rings. The lowest BCUT2D eigenvalue weighted by Crippen LogP contribution is -1.76. The number of hydrogen-bond acceptors (Lipinski definition) is 3. The molecule has 0 aliphatic carbocycles. The maximum absolute atomic E-state index is 9.36. The molecule has 0 unspecified atom stereocenters. The van der Waals surface area contributed by atoms with Crippen molar-refractivity contribution in [3.05, 3.63) is 57.6 Å². The van der Waals surface area contributed by atoms with E-state index >= 15 is 0 Å². The summed E-state index contributed by atoms with van der Waals surface area (Å²) in [5.74, 6) is -0.350. The second kappa shape index (κ2) is 4.73. The SMILES string of the molecule is [C-]#[N+]C(=Cc1ccc(O)c(O)c1)c1cccs1. The molecule has 0 saturated heterocycles. The summed E-state index contributed by atoms with van der Waals surface area (Å²) in [4.78, 5) is 4.34. The van der Waals surface area contributed by atoms with Crippen LogP contribution in [0.5, 0.6) is 11.5 Å². The molecule has 0 aliphatic rings. The van der Waals surface area contributed by atoms with Gasteiger partial charge in [-0.05, 0) is 29.2 Å². The van der Waals surface area contributed by atoms with Crippen molar-refractivity contribution in [1.82, 2.24) is 0 Å². The summed E-state index contributed by atoms with van der Waals surface area (Å²) in [5, 5.41) is 20.5. The van der Waals surface area contributed by atoms with Gasteiger partial charge in [-0.15, -0.1) is 0 Å². The highest BCUT2D eigenvalue weighted by atomic mass is 32.1. The van der Waals surface area contributed by atoms with E-state index in [0.29, 0.717) is 11.3 Å². The predicted octanol–water partition coefficient (Wildman–Crippen LogP) is 3.58. The quantitative estimate of drug-likeness (QED) is 0.625. The fourth-order valence-corrected chi connectivity index (χ4v) is 2.06. The molecule has 0 amide bonds. The van der Waals surface area contributed by atoms with Crippen LogP contribution >= 0.6 is 11.3 Å². The molecule has 2 aromatic rings. The Balaban J connectivity index is 2.41. The number of hydrogen-bond donors (Lipinski definition) is 2. The van der Waals surface area contributed by atoms with E-state index in [1.54, 1.807) is 12.1 Å². The van der Waals surface area contributed by atoms with Crippen molar-refractivity contribution in [2.45, 2.75) is 0 Å². The Hall–Kier alpha value is -2.25. The van der Waals surface area contributed by atoms with Crippen molar-refractivity contribution in [2.24, 2.45) is 0 Å². The molecule has 1 aromatic heterocycles. The van der Waals surface area contributed by atoms with Crippen LogP contribution in [0.15, 0.2) is 35.7 Å². The van der Waals surface area contributed by atoms with Gasteiger partial charge in [-0.1, -0.05) is 18.2 Å². The molecule has 0 spiro atoms. The molecule has 0 radical (unpaired) electrons. The van der Waals surface area contributed by atoms with Crippen molar-refractivity contribution in [3.63, 3.8) is 0 Å². The van der Waals surface area contributed by atoms with E-state index in [9.17, 15) is 10.2 Å². The standard InChI is InChI=1S/C13H9NO2S/c1-14-10(13-3-2-6-17-13)7-9-4-5-11(15)12(16)8-9/h2-8,15-16H. The Kier molecular flexibility index (Phi) is 3.12. The van der Waals surface area contributed by atoms with Crippen molar-refractivity contribution >= 4 is 23.1 Å². The third-order valence-corrected chi connectivity index (χ3v) is 3.09. The number of thiophene rings is 1. The molecule has 4 heteroatoms. The summed E-state index contributed by atoms with van der Waals surface area (Å²) in [6.45, 7) is 7.13. The Morgan fingerprint density at radius 3 is 2.65 bits per heavy atom. The van der Waals surface area contributed by atoms with E-state index in [-0.39, 0.29) is 11.5 Å². The largest absolute Gasteiger partial charge is 0.504 e. The first kappa shape index (κ1) is 11.2. The minimum absolute atomic E-state index is 0.164. The van der Waals surface area contributed by atoms with Crippen LogP contribution < -0.4 is 0 Å². The molecule has 0 saturated carbocycles. The van der Waals surface area contributed by atoms with Crippen LogP contribution in [0.4, 0.5) is 0 Å². The van der Waals surface area contributed by atoms with Crippen molar-refractivity contribution in [3.8, 4) is 11.5 Å². The van der Waals surface area contributed by atoms with Gasteiger partial charge >= 0.3 is 0 Å². The minimum Gasteiger partial charge on any atom is -0.504 e. The third-order valence-electron chi connectivity index (χ3n) is 2.20. The second-order valence-electron chi connectivity index (χ2n) is 3.37. The number of phenolic OH excluding ortho intramolecular Hbond substituents is 2. The van der Waals surface area contributed by atoms with Gasteiger partial charge < -0.3 is 10.2 Å². The molecule has 1 aromatic carbocycles. The molecule has 0 aliphatic heterocycles. The molecular formula is C13H9NO2S. The first-order chi connectivity index (χ1) is 8.20. The highest BCUT2D eigenvalue weighted by Gasteiger charge is 2.04. The summed E-state index contributed by atoms with van der Waals surface area (Å²) < 4.78 is 0. The van der Waals surface area contributed by atoms with Gasteiger partial charge in [-0.25, -0.2) is 4.85 Å². The van der Waals surface area contributed by atoms with Gasteiger partial charge in [0.05, 0.1) is 6.57 Å². The van der Waals surface area contributed by atoms with Crippen LogP contribution in [0, 0.1) is 6.57 Å². The Labute approximate surface area is 103 Å². The first-order valence-electron chi connectivity index (χ1n) is 4.85. The lowest BCUT2D eigenvalue weighted by atomic mass is 10.1. The molecule has 1 heterocycles. The summed E-state index contributed by atoms with van der Waals surface area (Å²) in [5.41, 5.74) is 1.20. The van der Waals surface area contributed by atoms with Gasteiger partial charge in [0, 0.05) is 4.88 Å². The molecule has 17 heavy (non-hydrogen) atoms. The molecular weight excluding hydrogens is 234 g/mol. The predicted molar refractivity (Wildman–Crippen MR) is 68.6 cm³/mol. The van der Waals surface area contributed by atoms with Crippen molar-refractivity contribution < 1.29 is 10.2 Å². The van der Waals surface area contributed by atoms with Gasteiger partial charge in [0.15, 0.2) is 11.5 Å². The van der Waals surface area contributed by atoms with Crippen LogP contribution in [0.1, 0.15) is 10.4 Å². The van der Waals surface area contributed by atoms with Gasteiger partial charge in [0.2, 0.25) is 5.70 Å². The first-order valence-corrected chi connectivity index (χ1v) is 5.73. The number of rotatable bonds is 2. The maximum Gasteiger partial charge on any atom is 0.204 e. The molecule has 3 nitrogen and oxygen atoms in total. The molecule has 2 rings (SSSR count). The summed E-state index contributed by atoms with van der Waals surface area (Å²) in [6.07, 6.45) is 1.68. The van der Waals surface area contributed by atoms with E-state index in [1.807, 2.05) is 17.5 Å². The molecule has 0 atom stereocenters. The maximum atomic E-state index is 9.36. The molecule has 84 valence electrons. The van der Waals surface area contributed by atoms with E-state index in [4.69, 9.17) is 6.57 Å². The average Bonchev–Trinajstić information content (AvgIpc) is 2.84. The van der Waals surface area contributed by atoms with E-state index in [1.165, 1.54) is 23.5 Å². The Morgan fingerprint density at radius 1 is 1.24 bits per heavy atom. The van der Waals surface area contributed by atoms with E-state index in [0.717, 1.165) is 4.88 Å². The van der Waals surface area contributed by atoms with Crippen LogP contribution in [-0.4, -0.2) is 10.2 Å². The number of benzene rings is 1. The van der Waals surface area contributed by atoms with E-state index < -0.39 is 0 Å². The van der Waals surface area contributed by atoms with E-state index in [2.05, 4.69) is 4.85 Å². The fraction of sp³-hybridized carbons (Fsp3) is 0. The zero-order chi connectivity index (χ0) is 12.3. The Morgan fingerprint density at radius 2 is 2.06 bits per heavy atom. The highest BCUT2D eigenvalue weighted by molar-refractivity contribution is 7.11. The van der Waals surface area contributed by atoms with Crippen molar-refractivity contribution in [2.75, 3.05) is 0 Å². The lowest BCUT2D eigenvalue weighted by molar-refractivity contribution is 0.403. The van der Waals surface area contributed by atoms with Gasteiger partial charge in [-0.2, -0.15) is 11.3 Å². The third kappa shape index (κ3) is 2.47. The average molecular weight is 243 g/mol. The summed E-state index contributed by atoms with van der Waals surface area (Å²) >= 11 is 1.49. The molecule has 0 bridgehead atoms. The smallest absolute Gasteiger partial charge is 0.204 e. The number of phenols is 2. The lowest BCUT2D eigenvalue weighted by Gasteiger charge is -2.00. The summed E-state index contributed by atoms with van der Waals surface area (Å²) in [6, 6.07) is 8.22. The highest BCUT2D eigenvalue weighted by Crippen LogP contribution is 2.28. The molecule has 2 N–H and O–H groups in total.